The van der Waals surface area contributed by atoms with Gasteiger partial charge in [0.1, 0.15) is 0 Å². The Bertz CT molecular complexity index is 243. The first kappa shape index (κ1) is 6.60. The Morgan fingerprint density at radius 2 is 2.60 bits per heavy atom. The van der Waals surface area contributed by atoms with E-state index in [2.05, 4.69) is 14.9 Å². The number of hydrogen-bond acceptors (Lipinski definition) is 4. The highest BCUT2D eigenvalue weighted by Crippen LogP contribution is 2.11. The van der Waals surface area contributed by atoms with Gasteiger partial charge >= 0.3 is 5.97 Å². The van der Waals surface area contributed by atoms with Crippen molar-refractivity contribution in [3.63, 3.8) is 0 Å². The Morgan fingerprint density at radius 3 is 3.00 bits per heavy atom. The summed E-state index contributed by atoms with van der Waals surface area (Å²) < 4.78 is 4.31. The number of methoxy groups -OCH3 is 1. The number of hydrogen-bond donors (Lipinski definition) is 2. The van der Waals surface area contributed by atoms with Crippen molar-refractivity contribution >= 4 is 5.97 Å². The van der Waals surface area contributed by atoms with Crippen LogP contribution in [0.4, 0.5) is 0 Å². The standard InChI is InChI=1S/C5H6N2O3/c1-10-5(9)4-3(8)2-6-7-4/h2,8H,1H3,(H,6,7). The summed E-state index contributed by atoms with van der Waals surface area (Å²) in [7, 11) is 1.22. The topological polar surface area (TPSA) is 75.2 Å². The molecule has 1 rings (SSSR count). The molecule has 0 aliphatic heterocycles. The van der Waals surface area contributed by atoms with Gasteiger partial charge in [-0.1, -0.05) is 0 Å². The monoisotopic (exact) mass is 142 g/mol. The predicted molar refractivity (Wildman–Crippen MR) is 31.6 cm³/mol. The second kappa shape index (κ2) is 2.38. The Hall–Kier alpha value is -1.52. The number of aromatic nitrogens is 2. The molecule has 0 bridgehead atoms. The highest BCUT2D eigenvalue weighted by molar-refractivity contribution is 5.89. The van der Waals surface area contributed by atoms with Crippen LogP contribution in [-0.2, 0) is 4.74 Å². The maximum atomic E-state index is 10.6. The fourth-order valence-corrected chi connectivity index (χ4v) is 0.532. The van der Waals surface area contributed by atoms with E-state index in [1.54, 1.807) is 0 Å². The molecule has 0 saturated carbocycles. The minimum Gasteiger partial charge on any atom is -0.504 e. The number of nitrogens with zero attached hydrogens (tertiary/aromatic N) is 1. The molecule has 5 heteroatoms. The lowest BCUT2D eigenvalue weighted by molar-refractivity contribution is 0.0591. The maximum absolute atomic E-state index is 10.6. The summed E-state index contributed by atoms with van der Waals surface area (Å²) in [5.41, 5.74) is -0.0255. The van der Waals surface area contributed by atoms with Gasteiger partial charge in [0.15, 0.2) is 11.4 Å². The predicted octanol–water partition coefficient (Wildman–Crippen LogP) is -0.0981. The quantitative estimate of drug-likeness (QED) is 0.537. The number of ether oxygens (including phenoxy) is 1. The smallest absolute Gasteiger partial charge is 0.359 e. The zero-order chi connectivity index (χ0) is 7.56. The van der Waals surface area contributed by atoms with Gasteiger partial charge < -0.3 is 9.84 Å². The first-order valence-corrected chi connectivity index (χ1v) is 2.56. The van der Waals surface area contributed by atoms with E-state index in [1.807, 2.05) is 0 Å². The fraction of sp³-hybridized carbons (Fsp3) is 0.200. The number of aromatic amines is 1. The fourth-order valence-electron chi connectivity index (χ4n) is 0.532. The minimum absolute atomic E-state index is 0.0255. The molecule has 0 spiro atoms. The highest BCUT2D eigenvalue weighted by Gasteiger charge is 2.11. The van der Waals surface area contributed by atoms with E-state index < -0.39 is 5.97 Å². The largest absolute Gasteiger partial charge is 0.504 e. The molecule has 0 aliphatic carbocycles. The van der Waals surface area contributed by atoms with Crippen molar-refractivity contribution in [2.75, 3.05) is 7.11 Å². The van der Waals surface area contributed by atoms with Gasteiger partial charge in [0.2, 0.25) is 0 Å². The molecule has 0 saturated heterocycles. The molecule has 5 nitrogen and oxygen atoms in total. The molecule has 2 N–H and O–H groups in total. The lowest BCUT2D eigenvalue weighted by Gasteiger charge is -1.92. The van der Waals surface area contributed by atoms with E-state index in [0.717, 1.165) is 6.20 Å². The summed E-state index contributed by atoms with van der Waals surface area (Å²) in [6, 6.07) is 0. The van der Waals surface area contributed by atoms with Crippen molar-refractivity contribution in [3.05, 3.63) is 11.9 Å². The van der Waals surface area contributed by atoms with Crippen molar-refractivity contribution in [1.29, 1.82) is 0 Å². The normalized spacial score (nSPS) is 9.30. The van der Waals surface area contributed by atoms with Crippen LogP contribution in [-0.4, -0.2) is 28.4 Å². The van der Waals surface area contributed by atoms with E-state index in [0.29, 0.717) is 0 Å². The summed E-state index contributed by atoms with van der Waals surface area (Å²) in [5, 5.41) is 14.6. The van der Waals surface area contributed by atoms with Crippen LogP contribution in [0.2, 0.25) is 0 Å². The molecule has 0 atom stereocenters. The van der Waals surface area contributed by atoms with Gasteiger partial charge in [0, 0.05) is 0 Å². The molecule has 0 radical (unpaired) electrons. The Morgan fingerprint density at radius 1 is 1.90 bits per heavy atom. The first-order valence-electron chi connectivity index (χ1n) is 2.56. The molecule has 10 heavy (non-hydrogen) atoms. The van der Waals surface area contributed by atoms with Crippen LogP contribution >= 0.6 is 0 Å². The number of aromatic hydroxyl groups is 1. The molecule has 1 heterocycles. The summed E-state index contributed by atoms with van der Waals surface area (Å²) in [6.45, 7) is 0. The number of nitrogens with one attached hydrogen (secondary N) is 1. The van der Waals surface area contributed by atoms with E-state index in [-0.39, 0.29) is 11.4 Å². The molecule has 54 valence electrons. The second-order valence-corrected chi connectivity index (χ2v) is 1.62. The van der Waals surface area contributed by atoms with Crippen molar-refractivity contribution in [3.8, 4) is 5.75 Å². The van der Waals surface area contributed by atoms with Gasteiger partial charge in [-0.3, -0.25) is 5.10 Å². The molecular formula is C5H6N2O3. The third kappa shape index (κ3) is 0.928. The van der Waals surface area contributed by atoms with Gasteiger partial charge in [-0.25, -0.2) is 4.79 Å². The Kier molecular flexibility index (Phi) is 1.57. The van der Waals surface area contributed by atoms with E-state index >= 15 is 0 Å². The number of H-pyrrole nitrogens is 1. The van der Waals surface area contributed by atoms with Gasteiger partial charge in [0.25, 0.3) is 0 Å². The third-order valence-corrected chi connectivity index (χ3v) is 1.01. The molecule has 0 aliphatic rings. The zero-order valence-corrected chi connectivity index (χ0v) is 5.29. The van der Waals surface area contributed by atoms with Gasteiger partial charge in [0.05, 0.1) is 13.3 Å². The summed E-state index contributed by atoms with van der Waals surface area (Å²) in [6.07, 6.45) is 1.13. The van der Waals surface area contributed by atoms with Gasteiger partial charge in [-0.05, 0) is 0 Å². The van der Waals surface area contributed by atoms with Crippen LogP contribution < -0.4 is 0 Å². The molecular weight excluding hydrogens is 136 g/mol. The second-order valence-electron chi connectivity index (χ2n) is 1.62. The van der Waals surface area contributed by atoms with Gasteiger partial charge in [-0.2, -0.15) is 5.10 Å². The van der Waals surface area contributed by atoms with Crippen molar-refractivity contribution in [1.82, 2.24) is 10.2 Å². The molecule has 0 amide bonds. The van der Waals surface area contributed by atoms with E-state index in [9.17, 15) is 4.79 Å². The molecule has 0 unspecified atom stereocenters. The average molecular weight is 142 g/mol. The highest BCUT2D eigenvalue weighted by atomic mass is 16.5. The van der Waals surface area contributed by atoms with Crippen LogP contribution in [0.3, 0.4) is 0 Å². The lowest BCUT2D eigenvalue weighted by Crippen LogP contribution is -2.01. The average Bonchev–Trinajstić information content (AvgIpc) is 2.34. The summed E-state index contributed by atoms with van der Waals surface area (Å²) in [4.78, 5) is 10.6. The minimum atomic E-state index is -0.630. The number of rotatable bonds is 1. The van der Waals surface area contributed by atoms with Crippen LogP contribution in [0.1, 0.15) is 10.5 Å². The summed E-state index contributed by atoms with van der Waals surface area (Å²) >= 11 is 0. The van der Waals surface area contributed by atoms with Crippen LogP contribution in [0, 0.1) is 0 Å². The molecule has 0 fully saturated rings. The van der Waals surface area contributed by atoms with Crippen molar-refractivity contribution in [2.24, 2.45) is 0 Å². The molecule has 1 aromatic rings. The van der Waals surface area contributed by atoms with Crippen LogP contribution in [0.5, 0.6) is 5.75 Å². The number of carbonyl (C=O) groups excluding carboxylic acids is 1. The Balaban J connectivity index is 2.93. The summed E-state index contributed by atoms with van der Waals surface area (Å²) in [5.74, 6) is -0.832. The van der Waals surface area contributed by atoms with Gasteiger partial charge in [-0.15, -0.1) is 0 Å². The molecule has 0 aromatic carbocycles. The van der Waals surface area contributed by atoms with Crippen LogP contribution in [0.15, 0.2) is 6.20 Å². The zero-order valence-electron chi connectivity index (χ0n) is 5.29. The Labute approximate surface area is 56.6 Å². The number of carbonyl (C=O) groups is 1. The maximum Gasteiger partial charge on any atom is 0.359 e. The van der Waals surface area contributed by atoms with Crippen molar-refractivity contribution in [2.45, 2.75) is 0 Å². The first-order chi connectivity index (χ1) is 4.75. The van der Waals surface area contributed by atoms with E-state index in [4.69, 9.17) is 5.11 Å². The van der Waals surface area contributed by atoms with Crippen LogP contribution in [0.25, 0.3) is 0 Å². The van der Waals surface area contributed by atoms with E-state index in [1.165, 1.54) is 7.11 Å². The third-order valence-electron chi connectivity index (χ3n) is 1.01. The number of esters is 1. The lowest BCUT2D eigenvalue weighted by atomic mass is 10.4. The van der Waals surface area contributed by atoms with Crippen molar-refractivity contribution < 1.29 is 14.6 Å². The molecule has 1 aromatic heterocycles. The SMILES string of the molecule is COC(=O)c1[nH]ncc1O.